The lowest BCUT2D eigenvalue weighted by atomic mass is 10.1. The highest BCUT2D eigenvalue weighted by Crippen LogP contribution is 2.08. The van der Waals surface area contributed by atoms with Gasteiger partial charge in [-0.2, -0.15) is 5.10 Å². The zero-order valence-electron chi connectivity index (χ0n) is 12.3. The van der Waals surface area contributed by atoms with Gasteiger partial charge in [0.25, 0.3) is 0 Å². The van der Waals surface area contributed by atoms with E-state index in [1.54, 1.807) is 0 Å². The van der Waals surface area contributed by atoms with Crippen LogP contribution in [0.4, 0.5) is 0 Å². The number of rotatable bonds is 5. The standard InChI is InChI=1S/C17H16BrN3O2/c18-15-8-6-14(7-9-15)12-20-21-17(23)16(22)19-11-10-13-4-2-1-3-5-13/h1-9,12H,10-11H2,(H,19,22)(H,21,23)/b20-12-. The lowest BCUT2D eigenvalue weighted by Crippen LogP contribution is -2.38. The molecule has 6 heteroatoms. The molecule has 5 nitrogen and oxygen atoms in total. The van der Waals surface area contributed by atoms with Gasteiger partial charge in [0.15, 0.2) is 0 Å². The molecule has 0 aliphatic rings. The van der Waals surface area contributed by atoms with E-state index in [2.05, 4.69) is 31.8 Å². The lowest BCUT2D eigenvalue weighted by molar-refractivity contribution is -0.139. The van der Waals surface area contributed by atoms with Crippen molar-refractivity contribution in [2.24, 2.45) is 5.10 Å². The summed E-state index contributed by atoms with van der Waals surface area (Å²) in [5.41, 5.74) is 4.12. The minimum atomic E-state index is -0.786. The number of carbonyl (C=O) groups is 2. The second-order valence-corrected chi connectivity index (χ2v) is 5.66. The maximum Gasteiger partial charge on any atom is 0.329 e. The normalized spacial score (nSPS) is 10.5. The van der Waals surface area contributed by atoms with Gasteiger partial charge in [0.2, 0.25) is 0 Å². The fourth-order valence-corrected chi connectivity index (χ4v) is 2.07. The maximum absolute atomic E-state index is 11.6. The highest BCUT2D eigenvalue weighted by atomic mass is 79.9. The van der Waals surface area contributed by atoms with Gasteiger partial charge in [-0.25, -0.2) is 5.43 Å². The molecule has 0 saturated heterocycles. The number of hydrogen-bond donors (Lipinski definition) is 2. The number of nitrogens with zero attached hydrogens (tertiary/aromatic N) is 1. The van der Waals surface area contributed by atoms with Crippen molar-refractivity contribution < 1.29 is 9.59 Å². The number of hydrogen-bond acceptors (Lipinski definition) is 3. The van der Waals surface area contributed by atoms with Crippen LogP contribution >= 0.6 is 15.9 Å². The molecular formula is C17H16BrN3O2. The number of halogens is 1. The van der Waals surface area contributed by atoms with Crippen LogP contribution in [0.3, 0.4) is 0 Å². The Morgan fingerprint density at radius 3 is 2.39 bits per heavy atom. The fourth-order valence-electron chi connectivity index (χ4n) is 1.81. The summed E-state index contributed by atoms with van der Waals surface area (Å²) in [5, 5.41) is 6.31. The van der Waals surface area contributed by atoms with Crippen LogP contribution in [0.5, 0.6) is 0 Å². The van der Waals surface area contributed by atoms with Crippen molar-refractivity contribution in [3.05, 3.63) is 70.2 Å². The molecule has 0 atom stereocenters. The number of hydrazone groups is 1. The summed E-state index contributed by atoms with van der Waals surface area (Å²) in [6.45, 7) is 0.396. The van der Waals surface area contributed by atoms with Crippen LogP contribution in [0, 0.1) is 0 Å². The number of carbonyl (C=O) groups excluding carboxylic acids is 2. The van der Waals surface area contributed by atoms with Gasteiger partial charge < -0.3 is 5.32 Å². The van der Waals surface area contributed by atoms with E-state index in [-0.39, 0.29) is 0 Å². The monoisotopic (exact) mass is 373 g/mol. The third-order valence-corrected chi connectivity index (χ3v) is 3.53. The number of nitrogens with one attached hydrogen (secondary N) is 2. The molecule has 2 aromatic rings. The molecule has 0 aromatic heterocycles. The van der Waals surface area contributed by atoms with Gasteiger partial charge in [0.1, 0.15) is 0 Å². The first kappa shape index (κ1) is 16.9. The first-order chi connectivity index (χ1) is 11.1. The SMILES string of the molecule is O=C(NCCc1ccccc1)C(=O)N/N=C\c1ccc(Br)cc1. The zero-order valence-corrected chi connectivity index (χ0v) is 13.9. The smallest absolute Gasteiger partial charge is 0.329 e. The second kappa shape index (κ2) is 8.85. The van der Waals surface area contributed by atoms with Crippen LogP contribution in [0.25, 0.3) is 0 Å². The van der Waals surface area contributed by atoms with Gasteiger partial charge in [-0.1, -0.05) is 58.4 Å². The van der Waals surface area contributed by atoms with Gasteiger partial charge in [-0.15, -0.1) is 0 Å². The molecule has 0 heterocycles. The molecule has 2 amide bonds. The average Bonchev–Trinajstić information content (AvgIpc) is 2.57. The predicted octanol–water partition coefficient (Wildman–Crippen LogP) is 2.26. The highest BCUT2D eigenvalue weighted by molar-refractivity contribution is 9.10. The van der Waals surface area contributed by atoms with E-state index in [0.717, 1.165) is 15.6 Å². The van der Waals surface area contributed by atoms with Crippen LogP contribution in [-0.4, -0.2) is 24.6 Å². The topological polar surface area (TPSA) is 70.6 Å². The van der Waals surface area contributed by atoms with E-state index in [9.17, 15) is 9.59 Å². The molecule has 2 aromatic carbocycles. The second-order valence-electron chi connectivity index (χ2n) is 4.74. The predicted molar refractivity (Wildman–Crippen MR) is 93.0 cm³/mol. The van der Waals surface area contributed by atoms with Gasteiger partial charge in [0, 0.05) is 11.0 Å². The summed E-state index contributed by atoms with van der Waals surface area (Å²) in [6.07, 6.45) is 2.14. The largest absolute Gasteiger partial charge is 0.347 e. The summed E-state index contributed by atoms with van der Waals surface area (Å²) in [7, 11) is 0. The molecule has 0 saturated carbocycles. The van der Waals surface area contributed by atoms with Gasteiger partial charge in [-0.05, 0) is 29.7 Å². The lowest BCUT2D eigenvalue weighted by Gasteiger charge is -2.04. The quantitative estimate of drug-likeness (QED) is 0.479. The van der Waals surface area contributed by atoms with Crippen molar-refractivity contribution in [2.75, 3.05) is 6.54 Å². The first-order valence-corrected chi connectivity index (χ1v) is 7.85. The molecule has 2 N–H and O–H groups in total. The summed E-state index contributed by atoms with van der Waals surface area (Å²) in [6, 6.07) is 17.1. The molecule has 0 spiro atoms. The van der Waals surface area contributed by atoms with Crippen molar-refractivity contribution in [3.8, 4) is 0 Å². The molecule has 118 valence electrons. The van der Waals surface area contributed by atoms with Crippen LogP contribution in [0.15, 0.2) is 64.2 Å². The molecule has 2 rings (SSSR count). The van der Waals surface area contributed by atoms with E-state index in [1.807, 2.05) is 54.6 Å². The molecule has 0 radical (unpaired) electrons. The molecule has 0 aliphatic heterocycles. The fraction of sp³-hybridized carbons (Fsp3) is 0.118. The van der Waals surface area contributed by atoms with Crippen molar-refractivity contribution in [2.45, 2.75) is 6.42 Å². The minimum Gasteiger partial charge on any atom is -0.347 e. The van der Waals surface area contributed by atoms with E-state index >= 15 is 0 Å². The molecule has 0 bridgehead atoms. The van der Waals surface area contributed by atoms with Gasteiger partial charge in [0.05, 0.1) is 6.21 Å². The Morgan fingerprint density at radius 2 is 1.70 bits per heavy atom. The van der Waals surface area contributed by atoms with Crippen LogP contribution < -0.4 is 10.7 Å². The summed E-state index contributed by atoms with van der Waals surface area (Å²) in [4.78, 5) is 23.2. The van der Waals surface area contributed by atoms with E-state index < -0.39 is 11.8 Å². The Morgan fingerprint density at radius 1 is 1.00 bits per heavy atom. The first-order valence-electron chi connectivity index (χ1n) is 7.06. The highest BCUT2D eigenvalue weighted by Gasteiger charge is 2.11. The average molecular weight is 374 g/mol. The zero-order chi connectivity index (χ0) is 16.5. The Kier molecular flexibility index (Phi) is 6.50. The summed E-state index contributed by atoms with van der Waals surface area (Å²) >= 11 is 3.33. The Bertz CT molecular complexity index is 685. The third-order valence-electron chi connectivity index (χ3n) is 3.00. The van der Waals surface area contributed by atoms with Gasteiger partial charge in [-0.3, -0.25) is 9.59 Å². The van der Waals surface area contributed by atoms with Crippen molar-refractivity contribution in [3.63, 3.8) is 0 Å². The number of benzene rings is 2. The van der Waals surface area contributed by atoms with Crippen LogP contribution in [0.2, 0.25) is 0 Å². The third kappa shape index (κ3) is 6.04. The molecule has 0 fully saturated rings. The molecule has 0 aliphatic carbocycles. The molecule has 0 unspecified atom stereocenters. The van der Waals surface area contributed by atoms with Crippen LogP contribution in [-0.2, 0) is 16.0 Å². The molecular weight excluding hydrogens is 358 g/mol. The van der Waals surface area contributed by atoms with Crippen molar-refractivity contribution >= 4 is 34.0 Å². The van der Waals surface area contributed by atoms with E-state index in [1.165, 1.54) is 6.21 Å². The van der Waals surface area contributed by atoms with E-state index in [0.29, 0.717) is 13.0 Å². The molecule has 23 heavy (non-hydrogen) atoms. The van der Waals surface area contributed by atoms with Crippen molar-refractivity contribution in [1.82, 2.24) is 10.7 Å². The van der Waals surface area contributed by atoms with Crippen LogP contribution in [0.1, 0.15) is 11.1 Å². The van der Waals surface area contributed by atoms with Crippen molar-refractivity contribution in [1.29, 1.82) is 0 Å². The Labute approximate surface area is 142 Å². The summed E-state index contributed by atoms with van der Waals surface area (Å²) in [5.74, 6) is -1.49. The maximum atomic E-state index is 11.6. The summed E-state index contributed by atoms with van der Waals surface area (Å²) < 4.78 is 0.955. The Hall–Kier alpha value is -2.47. The van der Waals surface area contributed by atoms with E-state index in [4.69, 9.17) is 0 Å². The van der Waals surface area contributed by atoms with Gasteiger partial charge >= 0.3 is 11.8 Å². The Balaban J connectivity index is 1.72. The number of amides is 2. The minimum absolute atomic E-state index is 0.396.